The van der Waals surface area contributed by atoms with E-state index in [1.807, 2.05) is 0 Å². The average molecular weight is 340 g/mol. The fraction of sp³-hybridized carbons (Fsp3) is 0.500. The number of hydrogen-bond donors (Lipinski definition) is 1. The van der Waals surface area contributed by atoms with Crippen LogP contribution in [0.4, 0.5) is 13.2 Å². The molecule has 0 fully saturated rings. The minimum absolute atomic E-state index is 0.414. The van der Waals surface area contributed by atoms with Gasteiger partial charge in [0.1, 0.15) is 17.0 Å². The predicted molar refractivity (Wildman–Crippen MR) is 58.9 cm³/mol. The van der Waals surface area contributed by atoms with Gasteiger partial charge in [-0.15, -0.1) is 11.3 Å². The molecule has 1 rings (SSSR count). The van der Waals surface area contributed by atoms with Crippen molar-refractivity contribution < 1.29 is 23.0 Å². The molecule has 0 aliphatic carbocycles. The van der Waals surface area contributed by atoms with E-state index in [0.29, 0.717) is 13.7 Å². The van der Waals surface area contributed by atoms with Crippen molar-refractivity contribution >= 4 is 38.9 Å². The molecule has 16 heavy (non-hydrogen) atoms. The van der Waals surface area contributed by atoms with Gasteiger partial charge in [-0.1, -0.05) is 11.6 Å². The van der Waals surface area contributed by atoms with E-state index >= 15 is 0 Å². The zero-order chi connectivity index (χ0) is 12.3. The van der Waals surface area contributed by atoms with Crippen LogP contribution in [0.5, 0.6) is 0 Å². The van der Waals surface area contributed by atoms with Crippen molar-refractivity contribution in [2.24, 2.45) is 0 Å². The second kappa shape index (κ2) is 5.68. The maximum Gasteiger partial charge on any atom is 0.411 e. The van der Waals surface area contributed by atoms with E-state index in [9.17, 15) is 18.3 Å². The van der Waals surface area contributed by atoms with Crippen LogP contribution in [0.1, 0.15) is 11.0 Å². The summed E-state index contributed by atoms with van der Waals surface area (Å²) in [6.45, 7) is -1.78. The normalized spacial score (nSPS) is 14.1. The summed E-state index contributed by atoms with van der Waals surface area (Å²) >= 11 is 9.94. The molecular weight excluding hydrogens is 333 g/mol. The summed E-state index contributed by atoms with van der Waals surface area (Å²) in [5, 5.41) is 9.49. The van der Waals surface area contributed by atoms with E-state index in [4.69, 9.17) is 11.6 Å². The highest BCUT2D eigenvalue weighted by Gasteiger charge is 2.28. The highest BCUT2D eigenvalue weighted by molar-refractivity contribution is 9.10. The van der Waals surface area contributed by atoms with E-state index in [1.54, 1.807) is 6.07 Å². The maximum atomic E-state index is 11.7. The summed E-state index contributed by atoms with van der Waals surface area (Å²) in [5.74, 6) is 0. The van der Waals surface area contributed by atoms with Crippen LogP contribution >= 0.6 is 38.9 Å². The average Bonchev–Trinajstić information content (AvgIpc) is 2.45. The van der Waals surface area contributed by atoms with Crippen molar-refractivity contribution in [2.45, 2.75) is 12.3 Å². The first kappa shape index (κ1) is 14.2. The van der Waals surface area contributed by atoms with Crippen LogP contribution in [0.3, 0.4) is 0 Å². The van der Waals surface area contributed by atoms with Crippen LogP contribution < -0.4 is 0 Å². The van der Waals surface area contributed by atoms with Crippen LogP contribution in [0.25, 0.3) is 0 Å². The number of alkyl halides is 3. The summed E-state index contributed by atoms with van der Waals surface area (Å²) in [6.07, 6.45) is -5.48. The smallest absolute Gasteiger partial charge is 0.385 e. The lowest BCUT2D eigenvalue weighted by Crippen LogP contribution is -2.19. The number of hydrogen-bond acceptors (Lipinski definition) is 3. The van der Waals surface area contributed by atoms with Gasteiger partial charge in [-0.2, -0.15) is 13.2 Å². The third kappa shape index (κ3) is 4.58. The molecule has 0 saturated heterocycles. The molecule has 0 bridgehead atoms. The summed E-state index contributed by atoms with van der Waals surface area (Å²) in [5.41, 5.74) is 0. The molecule has 2 nitrogen and oxygen atoms in total. The molecule has 0 aliphatic rings. The molecule has 1 aromatic rings. The van der Waals surface area contributed by atoms with Crippen molar-refractivity contribution in [3.63, 3.8) is 0 Å². The lowest BCUT2D eigenvalue weighted by atomic mass is 10.3. The minimum Gasteiger partial charge on any atom is -0.385 e. The first-order valence-electron chi connectivity index (χ1n) is 4.07. The molecular formula is C8H7BrClF3O2S. The van der Waals surface area contributed by atoms with Crippen LogP contribution in [0.2, 0.25) is 4.34 Å². The molecule has 8 heteroatoms. The first-order valence-corrected chi connectivity index (χ1v) is 6.05. The Hall–Kier alpha value is 0.180. The van der Waals surface area contributed by atoms with Crippen LogP contribution in [0, 0.1) is 0 Å². The fourth-order valence-corrected chi connectivity index (χ4v) is 2.60. The Morgan fingerprint density at radius 3 is 2.62 bits per heavy atom. The molecule has 1 N–H and O–H groups in total. The third-order valence-electron chi connectivity index (χ3n) is 1.53. The monoisotopic (exact) mass is 338 g/mol. The van der Waals surface area contributed by atoms with Crippen LogP contribution in [0.15, 0.2) is 10.5 Å². The molecule has 1 aromatic heterocycles. The van der Waals surface area contributed by atoms with Gasteiger partial charge in [-0.3, -0.25) is 0 Å². The van der Waals surface area contributed by atoms with Crippen LogP contribution in [-0.2, 0) is 4.74 Å². The Morgan fingerprint density at radius 1 is 1.56 bits per heavy atom. The zero-order valence-electron chi connectivity index (χ0n) is 7.72. The van der Waals surface area contributed by atoms with Crippen LogP contribution in [-0.4, -0.2) is 24.5 Å². The predicted octanol–water partition coefficient (Wildman–Crippen LogP) is 3.78. The molecule has 92 valence electrons. The van der Waals surface area contributed by atoms with Gasteiger partial charge in [-0.25, -0.2) is 0 Å². The van der Waals surface area contributed by atoms with E-state index in [0.717, 1.165) is 11.3 Å². The second-order valence-corrected chi connectivity index (χ2v) is 5.46. The van der Waals surface area contributed by atoms with E-state index in [-0.39, 0.29) is 0 Å². The molecule has 0 amide bonds. The largest absolute Gasteiger partial charge is 0.411 e. The minimum atomic E-state index is -4.38. The van der Waals surface area contributed by atoms with Gasteiger partial charge >= 0.3 is 6.18 Å². The summed E-state index contributed by atoms with van der Waals surface area (Å²) < 4.78 is 40.6. The number of ether oxygens (including phenoxy) is 1. The van der Waals surface area contributed by atoms with Gasteiger partial charge in [-0.05, 0) is 22.0 Å². The van der Waals surface area contributed by atoms with Gasteiger partial charge in [0.25, 0.3) is 0 Å². The van der Waals surface area contributed by atoms with Gasteiger partial charge in [0.15, 0.2) is 0 Å². The lowest BCUT2D eigenvalue weighted by molar-refractivity contribution is -0.179. The van der Waals surface area contributed by atoms with Crippen molar-refractivity contribution in [2.75, 3.05) is 13.2 Å². The molecule has 0 radical (unpaired) electrons. The molecule has 1 unspecified atom stereocenters. The van der Waals surface area contributed by atoms with Crippen molar-refractivity contribution in [1.82, 2.24) is 0 Å². The molecule has 0 aromatic carbocycles. The molecule has 0 aliphatic heterocycles. The molecule has 1 atom stereocenters. The molecule has 0 saturated carbocycles. The molecule has 0 spiro atoms. The number of halogens is 5. The Kier molecular flexibility index (Phi) is 5.06. The standard InChI is InChI=1S/C8H7BrClF3O2S/c9-4-1-6(16-7(4)10)5(14)2-15-3-8(11,12)13/h1,5,14H,2-3H2. The Morgan fingerprint density at radius 2 is 2.19 bits per heavy atom. The van der Waals surface area contributed by atoms with E-state index < -0.39 is 25.5 Å². The Labute approximate surface area is 107 Å². The third-order valence-corrected chi connectivity index (χ3v) is 4.11. The topological polar surface area (TPSA) is 29.5 Å². The van der Waals surface area contributed by atoms with Gasteiger partial charge in [0.05, 0.1) is 6.61 Å². The number of thiophene rings is 1. The van der Waals surface area contributed by atoms with Crippen molar-refractivity contribution in [1.29, 1.82) is 0 Å². The zero-order valence-corrected chi connectivity index (χ0v) is 10.9. The maximum absolute atomic E-state index is 11.7. The van der Waals surface area contributed by atoms with Gasteiger partial charge in [0.2, 0.25) is 0 Å². The SMILES string of the molecule is OC(COCC(F)(F)F)c1cc(Br)c(Cl)s1. The van der Waals surface area contributed by atoms with Gasteiger partial charge in [0, 0.05) is 9.35 Å². The van der Waals surface area contributed by atoms with E-state index in [1.165, 1.54) is 0 Å². The summed E-state index contributed by atoms with van der Waals surface area (Å²) in [4.78, 5) is 0.457. The fourth-order valence-electron chi connectivity index (χ4n) is 0.896. The number of rotatable bonds is 4. The highest BCUT2D eigenvalue weighted by atomic mass is 79.9. The lowest BCUT2D eigenvalue weighted by Gasteiger charge is -2.10. The quantitative estimate of drug-likeness (QED) is 0.905. The van der Waals surface area contributed by atoms with Crippen molar-refractivity contribution in [3.05, 3.63) is 19.8 Å². The summed E-state index contributed by atoms with van der Waals surface area (Å²) in [7, 11) is 0. The van der Waals surface area contributed by atoms with E-state index in [2.05, 4.69) is 20.7 Å². The van der Waals surface area contributed by atoms with Gasteiger partial charge < -0.3 is 9.84 Å². The van der Waals surface area contributed by atoms with Crippen molar-refractivity contribution in [3.8, 4) is 0 Å². The highest BCUT2D eigenvalue weighted by Crippen LogP contribution is 2.35. The number of aliphatic hydroxyl groups excluding tert-OH is 1. The summed E-state index contributed by atoms with van der Waals surface area (Å²) in [6, 6.07) is 1.55. The Balaban J connectivity index is 2.44. The Bertz CT molecular complexity index is 336. The first-order chi connectivity index (χ1) is 7.29. The molecule has 1 heterocycles. The second-order valence-electron chi connectivity index (χ2n) is 2.92. The number of aliphatic hydroxyl groups is 1.